The molecule has 33 heavy (non-hydrogen) atoms. The van der Waals surface area contributed by atoms with Crippen molar-refractivity contribution in [2.75, 3.05) is 30.4 Å². The minimum absolute atomic E-state index is 0.0198. The first-order valence-corrected chi connectivity index (χ1v) is 11.2. The minimum atomic E-state index is -0.0607. The van der Waals surface area contributed by atoms with Gasteiger partial charge in [-0.15, -0.1) is 15.3 Å². The number of nitrogens with one attached hydrogen (secondary N) is 1. The molecule has 8 nitrogen and oxygen atoms in total. The zero-order valence-corrected chi connectivity index (χ0v) is 18.9. The van der Waals surface area contributed by atoms with Gasteiger partial charge in [0.15, 0.2) is 11.5 Å². The summed E-state index contributed by atoms with van der Waals surface area (Å²) in [6, 6.07) is 18.8. The third-order valence-electron chi connectivity index (χ3n) is 5.91. The lowest BCUT2D eigenvalue weighted by Gasteiger charge is -2.32. The van der Waals surface area contributed by atoms with Crippen LogP contribution < -0.4 is 15.0 Å². The molecule has 2 aromatic carbocycles. The molecule has 0 bridgehead atoms. The van der Waals surface area contributed by atoms with Crippen molar-refractivity contribution in [3.63, 3.8) is 0 Å². The molecule has 2 aromatic heterocycles. The number of hydrogen-bond donors (Lipinski definition) is 1. The predicted octanol–water partition coefficient (Wildman–Crippen LogP) is 4.31. The first-order chi connectivity index (χ1) is 16.1. The van der Waals surface area contributed by atoms with Gasteiger partial charge in [0.1, 0.15) is 11.6 Å². The number of amides is 1. The van der Waals surface area contributed by atoms with Gasteiger partial charge in [-0.05, 0) is 61.4 Å². The highest BCUT2D eigenvalue weighted by Gasteiger charge is 2.26. The third-order valence-corrected chi connectivity index (χ3v) is 6.16. The zero-order chi connectivity index (χ0) is 22.8. The number of nitrogens with zero attached hydrogens (tertiary/aromatic N) is 5. The van der Waals surface area contributed by atoms with Crippen molar-refractivity contribution in [2.45, 2.75) is 12.8 Å². The molecule has 0 atom stereocenters. The average Bonchev–Trinajstić information content (AvgIpc) is 3.28. The van der Waals surface area contributed by atoms with Crippen molar-refractivity contribution < 1.29 is 9.53 Å². The fraction of sp³-hybridized carbons (Fsp3) is 0.250. The van der Waals surface area contributed by atoms with E-state index >= 15 is 0 Å². The Morgan fingerprint density at radius 3 is 2.55 bits per heavy atom. The van der Waals surface area contributed by atoms with Gasteiger partial charge in [0, 0.05) is 29.6 Å². The molecule has 1 aliphatic heterocycles. The minimum Gasteiger partial charge on any atom is -0.495 e. The quantitative estimate of drug-likeness (QED) is 0.475. The second kappa shape index (κ2) is 9.07. The van der Waals surface area contributed by atoms with Crippen LogP contribution in [0.4, 0.5) is 11.5 Å². The van der Waals surface area contributed by atoms with Crippen LogP contribution in [0.3, 0.4) is 0 Å². The summed E-state index contributed by atoms with van der Waals surface area (Å²) in [5, 5.41) is 17.0. The van der Waals surface area contributed by atoms with Crippen LogP contribution in [0.1, 0.15) is 12.8 Å². The SMILES string of the molecule is COc1ccccc1NC(=O)C1CCN(c2ccc3nnc(-c4ccc(Cl)cc4)n3n2)CC1. The Morgan fingerprint density at radius 1 is 1.03 bits per heavy atom. The van der Waals surface area contributed by atoms with Crippen LogP contribution in [0.5, 0.6) is 5.75 Å². The summed E-state index contributed by atoms with van der Waals surface area (Å²) in [6.45, 7) is 1.47. The van der Waals surface area contributed by atoms with Crippen LogP contribution in [0, 0.1) is 5.92 Å². The second-order valence-electron chi connectivity index (χ2n) is 7.94. The molecule has 3 heterocycles. The smallest absolute Gasteiger partial charge is 0.227 e. The molecule has 0 spiro atoms. The number of methoxy groups -OCH3 is 1. The van der Waals surface area contributed by atoms with Gasteiger partial charge >= 0.3 is 0 Å². The molecular weight excluding hydrogens is 440 g/mol. The number of carbonyl (C=O) groups excluding carboxylic acids is 1. The normalized spacial score (nSPS) is 14.4. The molecule has 0 radical (unpaired) electrons. The first kappa shape index (κ1) is 21.2. The number of aromatic nitrogens is 4. The van der Waals surface area contributed by atoms with Crippen LogP contribution in [0.25, 0.3) is 17.0 Å². The van der Waals surface area contributed by atoms with Crippen molar-refractivity contribution in [2.24, 2.45) is 5.92 Å². The van der Waals surface area contributed by atoms with Gasteiger partial charge in [-0.2, -0.15) is 4.52 Å². The molecule has 168 valence electrons. The van der Waals surface area contributed by atoms with Crippen molar-refractivity contribution in [1.82, 2.24) is 19.8 Å². The van der Waals surface area contributed by atoms with E-state index in [1.54, 1.807) is 11.6 Å². The summed E-state index contributed by atoms with van der Waals surface area (Å²) >= 11 is 6.01. The van der Waals surface area contributed by atoms with E-state index in [0.29, 0.717) is 27.9 Å². The monoisotopic (exact) mass is 462 g/mol. The van der Waals surface area contributed by atoms with Gasteiger partial charge in [0.25, 0.3) is 0 Å². The highest BCUT2D eigenvalue weighted by molar-refractivity contribution is 6.30. The molecule has 1 N–H and O–H groups in total. The standard InChI is InChI=1S/C24H23ClN6O2/c1-33-20-5-3-2-4-19(20)26-24(32)17-12-14-30(15-13-17)22-11-10-21-27-28-23(31(21)29-22)16-6-8-18(25)9-7-16/h2-11,17H,12-15H2,1H3,(H,26,32). The van der Waals surface area contributed by atoms with E-state index in [-0.39, 0.29) is 11.8 Å². The molecule has 0 saturated carbocycles. The Bertz CT molecular complexity index is 1280. The number of benzene rings is 2. The van der Waals surface area contributed by atoms with Gasteiger partial charge < -0.3 is 15.0 Å². The molecule has 0 unspecified atom stereocenters. The Balaban J connectivity index is 1.29. The molecule has 4 aromatic rings. The van der Waals surface area contributed by atoms with E-state index in [1.165, 1.54) is 0 Å². The highest BCUT2D eigenvalue weighted by atomic mass is 35.5. The van der Waals surface area contributed by atoms with E-state index in [4.69, 9.17) is 21.4 Å². The van der Waals surface area contributed by atoms with E-state index in [1.807, 2.05) is 60.7 Å². The summed E-state index contributed by atoms with van der Waals surface area (Å²) < 4.78 is 7.08. The molecule has 1 amide bonds. The number of ether oxygens (including phenoxy) is 1. The Morgan fingerprint density at radius 2 is 1.79 bits per heavy atom. The summed E-state index contributed by atoms with van der Waals surface area (Å²) in [7, 11) is 1.60. The summed E-state index contributed by atoms with van der Waals surface area (Å²) in [5.41, 5.74) is 2.26. The van der Waals surface area contributed by atoms with Gasteiger partial charge in [-0.1, -0.05) is 23.7 Å². The van der Waals surface area contributed by atoms with E-state index in [9.17, 15) is 4.79 Å². The molecule has 1 aliphatic rings. The Hall–Kier alpha value is -3.65. The number of rotatable bonds is 5. The van der Waals surface area contributed by atoms with Gasteiger partial charge in [0.05, 0.1) is 12.8 Å². The number of anilines is 2. The van der Waals surface area contributed by atoms with Crippen LogP contribution in [-0.2, 0) is 4.79 Å². The van der Waals surface area contributed by atoms with E-state index < -0.39 is 0 Å². The first-order valence-electron chi connectivity index (χ1n) is 10.8. The summed E-state index contributed by atoms with van der Waals surface area (Å²) in [4.78, 5) is 15.0. The lowest BCUT2D eigenvalue weighted by atomic mass is 9.95. The molecule has 1 fully saturated rings. The van der Waals surface area contributed by atoms with Crippen molar-refractivity contribution in [3.8, 4) is 17.1 Å². The maximum absolute atomic E-state index is 12.8. The molecule has 5 rings (SSSR count). The summed E-state index contributed by atoms with van der Waals surface area (Å²) in [5.74, 6) is 2.11. The molecular formula is C24H23ClN6O2. The lowest BCUT2D eigenvalue weighted by Crippen LogP contribution is -2.38. The Kier molecular flexibility index (Phi) is 5.83. The van der Waals surface area contributed by atoms with Crippen molar-refractivity contribution in [1.29, 1.82) is 0 Å². The zero-order valence-electron chi connectivity index (χ0n) is 18.1. The Labute approximate surface area is 196 Å². The van der Waals surface area contributed by atoms with Gasteiger partial charge in [0.2, 0.25) is 5.91 Å². The fourth-order valence-electron chi connectivity index (χ4n) is 4.08. The fourth-order valence-corrected chi connectivity index (χ4v) is 4.21. The van der Waals surface area contributed by atoms with Crippen molar-refractivity contribution in [3.05, 3.63) is 65.7 Å². The highest BCUT2D eigenvalue weighted by Crippen LogP contribution is 2.27. The number of piperidine rings is 1. The molecule has 0 aliphatic carbocycles. The molecule has 9 heteroatoms. The topological polar surface area (TPSA) is 84.6 Å². The number of carbonyl (C=O) groups is 1. The lowest BCUT2D eigenvalue weighted by molar-refractivity contribution is -0.120. The third kappa shape index (κ3) is 4.34. The van der Waals surface area contributed by atoms with Crippen molar-refractivity contribution >= 4 is 34.7 Å². The maximum atomic E-state index is 12.8. The van der Waals surface area contributed by atoms with E-state index in [2.05, 4.69) is 20.4 Å². The van der Waals surface area contributed by atoms with Crippen LogP contribution in [0.2, 0.25) is 5.02 Å². The van der Waals surface area contributed by atoms with E-state index in [0.717, 1.165) is 37.3 Å². The molecule has 1 saturated heterocycles. The number of fused-ring (bicyclic) bond motifs is 1. The number of para-hydroxylation sites is 2. The predicted molar refractivity (Wildman–Crippen MR) is 128 cm³/mol. The number of hydrogen-bond acceptors (Lipinski definition) is 6. The number of halogens is 1. The van der Waals surface area contributed by atoms with Crippen LogP contribution in [0.15, 0.2) is 60.7 Å². The van der Waals surface area contributed by atoms with Gasteiger partial charge in [-0.25, -0.2) is 0 Å². The largest absolute Gasteiger partial charge is 0.495 e. The van der Waals surface area contributed by atoms with Gasteiger partial charge in [-0.3, -0.25) is 4.79 Å². The second-order valence-corrected chi connectivity index (χ2v) is 8.38. The summed E-state index contributed by atoms with van der Waals surface area (Å²) in [6.07, 6.45) is 1.49. The average molecular weight is 463 g/mol. The van der Waals surface area contributed by atoms with Crippen LogP contribution >= 0.6 is 11.6 Å². The maximum Gasteiger partial charge on any atom is 0.227 e. The van der Waals surface area contributed by atoms with Crippen LogP contribution in [-0.4, -0.2) is 45.9 Å².